The Morgan fingerprint density at radius 3 is 2.50 bits per heavy atom. The van der Waals surface area contributed by atoms with E-state index >= 15 is 0 Å². The van der Waals surface area contributed by atoms with Gasteiger partial charge >= 0.3 is 55.7 Å². The molecule has 0 fully saturated rings. The van der Waals surface area contributed by atoms with Crippen LogP contribution in [0.3, 0.4) is 0 Å². The molecule has 0 aliphatic rings. The van der Waals surface area contributed by atoms with Gasteiger partial charge in [-0.3, -0.25) is 0 Å². The van der Waals surface area contributed by atoms with Gasteiger partial charge in [0.1, 0.15) is 0 Å². The molecule has 2 N–H and O–H groups in total. The number of benzene rings is 1. The molecule has 8 heavy (non-hydrogen) atoms. The summed E-state index contributed by atoms with van der Waals surface area (Å²) in [7, 11) is 0. The number of hydrogen-bond acceptors (Lipinski definition) is 1. The van der Waals surface area contributed by atoms with E-state index < -0.39 is 0 Å². The number of anilines is 1. The van der Waals surface area contributed by atoms with Crippen molar-refractivity contribution in [3.05, 3.63) is 24.3 Å². The van der Waals surface area contributed by atoms with Gasteiger partial charge in [0, 0.05) is 0 Å². The van der Waals surface area contributed by atoms with Crippen molar-refractivity contribution in [3.8, 4) is 0 Å². The minimum absolute atomic E-state index is 0.744. The van der Waals surface area contributed by atoms with Gasteiger partial charge in [0.15, 0.2) is 0 Å². The van der Waals surface area contributed by atoms with E-state index in [1.807, 2.05) is 18.2 Å². The third-order valence-electron chi connectivity index (χ3n) is 0.829. The fraction of sp³-hybridized carbons (Fsp3) is 0. The van der Waals surface area contributed by atoms with Crippen molar-refractivity contribution in [2.45, 2.75) is 0 Å². The van der Waals surface area contributed by atoms with Crippen LogP contribution in [0, 0.1) is 0 Å². The molecular formula is C6H6NNi. The molecule has 0 aliphatic carbocycles. The Labute approximate surface area is 56.3 Å². The van der Waals surface area contributed by atoms with Crippen molar-refractivity contribution >= 4 is 10.2 Å². The van der Waals surface area contributed by atoms with E-state index in [0.717, 1.165) is 10.2 Å². The van der Waals surface area contributed by atoms with Gasteiger partial charge in [-0.15, -0.1) is 0 Å². The first-order valence-corrected chi connectivity index (χ1v) is 2.76. The van der Waals surface area contributed by atoms with Gasteiger partial charge in [0.25, 0.3) is 0 Å². The molecule has 0 spiro atoms. The van der Waals surface area contributed by atoms with Gasteiger partial charge in [-0.2, -0.15) is 0 Å². The molecule has 0 atom stereocenters. The molecule has 1 aromatic carbocycles. The van der Waals surface area contributed by atoms with Crippen molar-refractivity contribution in [2.75, 3.05) is 5.73 Å². The summed E-state index contributed by atoms with van der Waals surface area (Å²) >= 11 is 4.54. The molecule has 45 valence electrons. The van der Waals surface area contributed by atoms with Gasteiger partial charge in [-0.05, 0) is 0 Å². The summed E-state index contributed by atoms with van der Waals surface area (Å²) in [6, 6.07) is 7.31. The van der Waals surface area contributed by atoms with Crippen LogP contribution in [0.1, 0.15) is 0 Å². The molecule has 0 heterocycles. The fourth-order valence-electron chi connectivity index (χ4n) is 0.490. The normalized spacial score (nSPS) is 9.25. The maximum atomic E-state index is 5.40. The van der Waals surface area contributed by atoms with Crippen LogP contribution in [0.25, 0.3) is 0 Å². The second-order valence-electron chi connectivity index (χ2n) is 1.52. The standard InChI is InChI=1S/C6H6N.Ni/c7-6-4-2-1-3-5-6;/h1-2,4-5H,7H2;. The Morgan fingerprint density at radius 2 is 2.12 bits per heavy atom. The predicted octanol–water partition coefficient (Wildman–Crippen LogP) is 0.441. The van der Waals surface area contributed by atoms with Crippen LogP contribution in [0.15, 0.2) is 24.3 Å². The Balaban J connectivity index is 3.08. The van der Waals surface area contributed by atoms with Gasteiger partial charge < -0.3 is 0 Å². The van der Waals surface area contributed by atoms with E-state index in [9.17, 15) is 0 Å². The summed E-state index contributed by atoms with van der Waals surface area (Å²) in [5, 5.41) is 0. The van der Waals surface area contributed by atoms with Crippen LogP contribution in [-0.2, 0) is 15.5 Å². The summed E-state index contributed by atoms with van der Waals surface area (Å²) < 4.78 is 0.838. The number of rotatable bonds is 0. The van der Waals surface area contributed by atoms with Crippen LogP contribution in [0.4, 0.5) is 5.69 Å². The van der Waals surface area contributed by atoms with E-state index in [4.69, 9.17) is 5.73 Å². The van der Waals surface area contributed by atoms with E-state index in [2.05, 4.69) is 15.5 Å². The summed E-state index contributed by atoms with van der Waals surface area (Å²) in [6.45, 7) is 0. The van der Waals surface area contributed by atoms with Crippen molar-refractivity contribution in [1.29, 1.82) is 0 Å². The zero-order chi connectivity index (χ0) is 5.98. The molecule has 0 saturated heterocycles. The third kappa shape index (κ3) is 1.24. The zero-order valence-corrected chi connectivity index (χ0v) is 5.19. The van der Waals surface area contributed by atoms with Crippen molar-refractivity contribution in [2.24, 2.45) is 0 Å². The van der Waals surface area contributed by atoms with E-state index in [-0.39, 0.29) is 0 Å². The number of nitrogens with two attached hydrogens (primary N) is 1. The van der Waals surface area contributed by atoms with E-state index in [1.54, 1.807) is 6.07 Å². The van der Waals surface area contributed by atoms with Crippen molar-refractivity contribution in [3.63, 3.8) is 0 Å². The van der Waals surface area contributed by atoms with Crippen LogP contribution in [-0.4, -0.2) is 0 Å². The van der Waals surface area contributed by atoms with Gasteiger partial charge in [0.05, 0.1) is 0 Å². The molecule has 0 amide bonds. The average molecular weight is 151 g/mol. The molecule has 0 unspecified atom stereocenters. The second-order valence-corrected chi connectivity index (χ2v) is 2.09. The maximum absolute atomic E-state index is 5.40. The Kier molecular flexibility index (Phi) is 1.54. The van der Waals surface area contributed by atoms with Crippen molar-refractivity contribution < 1.29 is 15.5 Å². The van der Waals surface area contributed by atoms with E-state index in [1.165, 1.54) is 0 Å². The molecule has 2 heteroatoms. The monoisotopic (exact) mass is 150 g/mol. The number of hydrogen-bond donors (Lipinski definition) is 1. The summed E-state index contributed by atoms with van der Waals surface area (Å²) in [5.41, 5.74) is 6.14. The fourth-order valence-corrected chi connectivity index (χ4v) is 0.750. The molecule has 0 aromatic heterocycles. The van der Waals surface area contributed by atoms with Gasteiger partial charge in [0.2, 0.25) is 0 Å². The van der Waals surface area contributed by atoms with E-state index in [0.29, 0.717) is 0 Å². The molecule has 1 aromatic rings. The Morgan fingerprint density at radius 1 is 1.38 bits per heavy atom. The molecule has 0 aliphatic heterocycles. The molecule has 0 radical (unpaired) electrons. The quantitative estimate of drug-likeness (QED) is 0.422. The number of nitrogen functional groups attached to an aromatic ring is 1. The Bertz CT molecular complexity index is 168. The van der Waals surface area contributed by atoms with Crippen LogP contribution in [0.2, 0.25) is 0 Å². The summed E-state index contributed by atoms with van der Waals surface area (Å²) in [4.78, 5) is 0. The molecule has 1 nitrogen and oxygen atoms in total. The summed E-state index contributed by atoms with van der Waals surface area (Å²) in [5.74, 6) is 0. The van der Waals surface area contributed by atoms with Crippen LogP contribution < -0.4 is 10.3 Å². The molecular weight excluding hydrogens is 145 g/mol. The predicted molar refractivity (Wildman–Crippen MR) is 30.5 cm³/mol. The topological polar surface area (TPSA) is 26.0 Å². The Hall–Kier alpha value is -0.486. The average Bonchev–Trinajstić information content (AvgIpc) is 1.64. The zero-order valence-electron chi connectivity index (χ0n) is 4.20. The summed E-state index contributed by atoms with van der Waals surface area (Å²) in [6.07, 6.45) is 0. The van der Waals surface area contributed by atoms with Crippen LogP contribution >= 0.6 is 0 Å². The first-order valence-electron chi connectivity index (χ1n) is 2.27. The second kappa shape index (κ2) is 2.19. The molecule has 1 rings (SSSR count). The van der Waals surface area contributed by atoms with Crippen molar-refractivity contribution in [1.82, 2.24) is 0 Å². The van der Waals surface area contributed by atoms with Gasteiger partial charge in [-0.1, -0.05) is 0 Å². The SMILES string of the molecule is Nc1ccc[c]([Ni])c1. The third-order valence-corrected chi connectivity index (χ3v) is 1.14. The first-order chi connectivity index (χ1) is 3.79. The molecule has 0 bridgehead atoms. The molecule has 0 saturated carbocycles. The minimum atomic E-state index is 0.744. The van der Waals surface area contributed by atoms with Gasteiger partial charge in [-0.25, -0.2) is 0 Å². The first kappa shape index (κ1) is 5.65. The van der Waals surface area contributed by atoms with Crippen LogP contribution in [0.5, 0.6) is 0 Å².